The van der Waals surface area contributed by atoms with Crippen LogP contribution in [-0.4, -0.2) is 33.9 Å². The Balaban J connectivity index is 2.67. The van der Waals surface area contributed by atoms with Crippen LogP contribution in [0.5, 0.6) is 0 Å². The molecule has 92 valence electrons. The predicted octanol–water partition coefficient (Wildman–Crippen LogP) is 1.18. The van der Waals surface area contributed by atoms with E-state index in [9.17, 15) is 9.59 Å². The number of nitrogens with one attached hydrogen (secondary N) is 1. The van der Waals surface area contributed by atoms with Crippen molar-refractivity contribution in [2.45, 2.75) is 17.1 Å². The predicted molar refractivity (Wildman–Crippen MR) is 65.1 cm³/mol. The number of amides is 1. The number of carbonyl (C=O) groups excluding carboxylic acids is 1. The van der Waals surface area contributed by atoms with E-state index in [0.717, 1.165) is 16.7 Å². The first-order valence-corrected chi connectivity index (χ1v) is 5.79. The van der Waals surface area contributed by atoms with Crippen molar-refractivity contribution >= 4 is 29.3 Å². The number of carboxylic acids is 1. The minimum atomic E-state index is -1.05. The number of carboxylic acid groups (broad SMARTS) is 1. The molecule has 0 aliphatic carbocycles. The number of aliphatic carboxylic acids is 1. The maximum Gasteiger partial charge on any atom is 0.319 e. The third kappa shape index (κ3) is 4.46. The molecule has 1 amide bonds. The SMILES string of the molecule is CC(=O)Nc1ccc(SC(CO)C(=O)O)cc1. The summed E-state index contributed by atoms with van der Waals surface area (Å²) in [7, 11) is 0. The Morgan fingerprint density at radius 2 is 1.94 bits per heavy atom. The Labute approximate surface area is 103 Å². The second kappa shape index (κ2) is 6.27. The highest BCUT2D eigenvalue weighted by Gasteiger charge is 2.17. The number of benzene rings is 1. The smallest absolute Gasteiger partial charge is 0.319 e. The summed E-state index contributed by atoms with van der Waals surface area (Å²) in [6.45, 7) is 0.988. The molecule has 1 rings (SSSR count). The molecule has 0 saturated carbocycles. The van der Waals surface area contributed by atoms with Crippen molar-refractivity contribution in [1.82, 2.24) is 0 Å². The van der Waals surface area contributed by atoms with Gasteiger partial charge < -0.3 is 15.5 Å². The molecule has 0 heterocycles. The lowest BCUT2D eigenvalue weighted by Crippen LogP contribution is -2.20. The number of aliphatic hydroxyl groups is 1. The van der Waals surface area contributed by atoms with Crippen molar-refractivity contribution in [1.29, 1.82) is 0 Å². The van der Waals surface area contributed by atoms with E-state index in [0.29, 0.717) is 5.69 Å². The zero-order valence-electron chi connectivity index (χ0n) is 9.21. The van der Waals surface area contributed by atoms with E-state index in [4.69, 9.17) is 10.2 Å². The first-order chi connectivity index (χ1) is 8.02. The van der Waals surface area contributed by atoms with Crippen molar-refractivity contribution in [3.63, 3.8) is 0 Å². The molecule has 0 spiro atoms. The molecule has 1 aromatic carbocycles. The maximum absolute atomic E-state index is 10.8. The summed E-state index contributed by atoms with van der Waals surface area (Å²) in [4.78, 5) is 22.2. The number of hydrogen-bond acceptors (Lipinski definition) is 4. The zero-order valence-corrected chi connectivity index (χ0v) is 10.0. The van der Waals surface area contributed by atoms with Gasteiger partial charge in [-0.25, -0.2) is 0 Å². The van der Waals surface area contributed by atoms with Crippen molar-refractivity contribution in [2.75, 3.05) is 11.9 Å². The van der Waals surface area contributed by atoms with Gasteiger partial charge in [-0.2, -0.15) is 0 Å². The van der Waals surface area contributed by atoms with Gasteiger partial charge in [0.1, 0.15) is 5.25 Å². The van der Waals surface area contributed by atoms with Crippen LogP contribution in [0, 0.1) is 0 Å². The normalized spacial score (nSPS) is 11.9. The van der Waals surface area contributed by atoms with Crippen LogP contribution in [-0.2, 0) is 9.59 Å². The molecule has 0 fully saturated rings. The Morgan fingerprint density at radius 3 is 2.35 bits per heavy atom. The van der Waals surface area contributed by atoms with Crippen LogP contribution in [0.1, 0.15) is 6.92 Å². The van der Waals surface area contributed by atoms with Crippen molar-refractivity contribution < 1.29 is 19.8 Å². The summed E-state index contributed by atoms with van der Waals surface area (Å²) < 4.78 is 0. The molecule has 1 aromatic rings. The molecule has 0 bridgehead atoms. The molecule has 0 radical (unpaired) electrons. The lowest BCUT2D eigenvalue weighted by molar-refractivity contribution is -0.137. The molecule has 6 heteroatoms. The lowest BCUT2D eigenvalue weighted by atomic mass is 10.3. The van der Waals surface area contributed by atoms with Gasteiger partial charge in [0.25, 0.3) is 0 Å². The topological polar surface area (TPSA) is 86.6 Å². The van der Waals surface area contributed by atoms with E-state index >= 15 is 0 Å². The number of aliphatic hydroxyl groups excluding tert-OH is 1. The van der Waals surface area contributed by atoms with Crippen LogP contribution >= 0.6 is 11.8 Å². The van der Waals surface area contributed by atoms with Crippen molar-refractivity contribution in [2.24, 2.45) is 0 Å². The summed E-state index contributed by atoms with van der Waals surface area (Å²) in [5.41, 5.74) is 0.651. The molecule has 3 N–H and O–H groups in total. The van der Waals surface area contributed by atoms with Crippen molar-refractivity contribution in [3.8, 4) is 0 Å². The molecule has 0 aliphatic heterocycles. The number of rotatable bonds is 5. The second-order valence-electron chi connectivity index (χ2n) is 3.33. The Bertz CT molecular complexity index is 404. The van der Waals surface area contributed by atoms with Gasteiger partial charge in [0.05, 0.1) is 6.61 Å². The highest BCUT2D eigenvalue weighted by molar-refractivity contribution is 8.00. The number of carbonyl (C=O) groups is 2. The molecule has 17 heavy (non-hydrogen) atoms. The molecular formula is C11H13NO4S. The van der Waals surface area contributed by atoms with Gasteiger partial charge >= 0.3 is 5.97 Å². The minimum Gasteiger partial charge on any atom is -0.480 e. The van der Waals surface area contributed by atoms with Gasteiger partial charge in [0.2, 0.25) is 5.91 Å². The minimum absolute atomic E-state index is 0.163. The van der Waals surface area contributed by atoms with Crippen LogP contribution in [0.25, 0.3) is 0 Å². The summed E-state index contributed by atoms with van der Waals surface area (Å²) in [6.07, 6.45) is 0. The fraction of sp³-hybridized carbons (Fsp3) is 0.273. The monoisotopic (exact) mass is 255 g/mol. The third-order valence-electron chi connectivity index (χ3n) is 1.89. The van der Waals surface area contributed by atoms with Crippen LogP contribution in [0.4, 0.5) is 5.69 Å². The van der Waals surface area contributed by atoms with Gasteiger partial charge in [0, 0.05) is 17.5 Å². The van der Waals surface area contributed by atoms with Crippen LogP contribution in [0.15, 0.2) is 29.2 Å². The van der Waals surface area contributed by atoms with Crippen LogP contribution in [0.3, 0.4) is 0 Å². The quantitative estimate of drug-likeness (QED) is 0.688. The van der Waals surface area contributed by atoms with E-state index in [1.165, 1.54) is 6.92 Å². The number of thioether (sulfide) groups is 1. The summed E-state index contributed by atoms with van der Waals surface area (Å²) in [6, 6.07) is 6.75. The third-order valence-corrected chi connectivity index (χ3v) is 3.07. The first kappa shape index (κ1) is 13.5. The van der Waals surface area contributed by atoms with Gasteiger partial charge in [-0.15, -0.1) is 11.8 Å². The molecule has 0 aromatic heterocycles. The van der Waals surface area contributed by atoms with Gasteiger partial charge in [-0.3, -0.25) is 9.59 Å². The fourth-order valence-corrected chi connectivity index (χ4v) is 1.95. The second-order valence-corrected chi connectivity index (χ2v) is 4.61. The highest BCUT2D eigenvalue weighted by atomic mass is 32.2. The van der Waals surface area contributed by atoms with E-state index in [-0.39, 0.29) is 5.91 Å². The Morgan fingerprint density at radius 1 is 1.35 bits per heavy atom. The van der Waals surface area contributed by atoms with E-state index in [1.54, 1.807) is 24.3 Å². The highest BCUT2D eigenvalue weighted by Crippen LogP contribution is 2.24. The van der Waals surface area contributed by atoms with Gasteiger partial charge in [0.15, 0.2) is 0 Å². The summed E-state index contributed by atoms with van der Waals surface area (Å²) in [5, 5.41) is 19.4. The average Bonchev–Trinajstić information content (AvgIpc) is 2.26. The van der Waals surface area contributed by atoms with Gasteiger partial charge in [-0.05, 0) is 24.3 Å². The fourth-order valence-electron chi connectivity index (χ4n) is 1.15. The molecular weight excluding hydrogens is 242 g/mol. The number of anilines is 1. The lowest BCUT2D eigenvalue weighted by Gasteiger charge is -2.09. The standard InChI is InChI=1S/C11H13NO4S/c1-7(14)12-8-2-4-9(5-3-8)17-10(6-13)11(15)16/h2-5,10,13H,6H2,1H3,(H,12,14)(H,15,16). The van der Waals surface area contributed by atoms with Crippen LogP contribution in [0.2, 0.25) is 0 Å². The summed E-state index contributed by atoms with van der Waals surface area (Å²) >= 11 is 1.06. The maximum atomic E-state index is 10.8. The Kier molecular flexibility index (Phi) is 4.99. The zero-order chi connectivity index (χ0) is 12.8. The largest absolute Gasteiger partial charge is 0.480 e. The first-order valence-electron chi connectivity index (χ1n) is 4.91. The number of hydrogen-bond donors (Lipinski definition) is 3. The molecule has 0 aliphatic rings. The van der Waals surface area contributed by atoms with E-state index < -0.39 is 17.8 Å². The van der Waals surface area contributed by atoms with Gasteiger partial charge in [-0.1, -0.05) is 0 Å². The average molecular weight is 255 g/mol. The van der Waals surface area contributed by atoms with E-state index in [1.807, 2.05) is 0 Å². The van der Waals surface area contributed by atoms with E-state index in [2.05, 4.69) is 5.32 Å². The van der Waals surface area contributed by atoms with Crippen molar-refractivity contribution in [3.05, 3.63) is 24.3 Å². The molecule has 0 saturated heterocycles. The molecule has 5 nitrogen and oxygen atoms in total. The molecule has 1 unspecified atom stereocenters. The Hall–Kier alpha value is -1.53. The van der Waals surface area contributed by atoms with Crippen LogP contribution < -0.4 is 5.32 Å². The molecule has 1 atom stereocenters. The summed E-state index contributed by atoms with van der Waals surface area (Å²) in [5.74, 6) is -1.22.